The monoisotopic (exact) mass is 441 g/mol. The van der Waals surface area contributed by atoms with Crippen molar-refractivity contribution in [2.45, 2.75) is 51.1 Å². The van der Waals surface area contributed by atoms with Gasteiger partial charge < -0.3 is 21.7 Å². The average molecular weight is 442 g/mol. The largest absolute Gasteiger partial charge is 0.392 e. The van der Waals surface area contributed by atoms with E-state index >= 15 is 0 Å². The van der Waals surface area contributed by atoms with Crippen molar-refractivity contribution in [3.8, 4) is 0 Å². The van der Waals surface area contributed by atoms with Crippen molar-refractivity contribution in [2.24, 2.45) is 5.73 Å². The van der Waals surface area contributed by atoms with Gasteiger partial charge in [0.05, 0.1) is 0 Å². The summed E-state index contributed by atoms with van der Waals surface area (Å²) in [6, 6.07) is 6.16. The second-order valence-corrected chi connectivity index (χ2v) is 8.09. The van der Waals surface area contributed by atoms with Gasteiger partial charge in [0, 0.05) is 37.4 Å². The van der Waals surface area contributed by atoms with Crippen LogP contribution >= 0.6 is 0 Å². The van der Waals surface area contributed by atoms with Gasteiger partial charge in [-0.2, -0.15) is 0 Å². The maximum atomic E-state index is 12.6. The lowest BCUT2D eigenvalue weighted by atomic mass is 10.0. The highest BCUT2D eigenvalue weighted by atomic mass is 16.1. The highest BCUT2D eigenvalue weighted by Gasteiger charge is 2.16. The summed E-state index contributed by atoms with van der Waals surface area (Å²) in [7, 11) is 3.97. The molecule has 0 aliphatic heterocycles. The molecule has 1 amide bonds. The summed E-state index contributed by atoms with van der Waals surface area (Å²) in [6.07, 6.45) is 8.94. The Balaban J connectivity index is 2.71. The van der Waals surface area contributed by atoms with E-state index in [1.165, 1.54) is 0 Å². The molecule has 0 fully saturated rings. The van der Waals surface area contributed by atoms with E-state index in [1.807, 2.05) is 37.4 Å². The number of allylic oxidation sites excluding steroid dienone is 1. The van der Waals surface area contributed by atoms with Gasteiger partial charge in [-0.05, 0) is 76.0 Å². The number of nitrogens with zero attached hydrogens (tertiary/aromatic N) is 1. The van der Waals surface area contributed by atoms with Gasteiger partial charge in [0.15, 0.2) is 0 Å². The number of hydrogen-bond acceptors (Lipinski definition) is 5. The lowest BCUT2D eigenvalue weighted by Crippen LogP contribution is -2.30. The Bertz CT molecular complexity index is 731. The third kappa shape index (κ3) is 10.3. The topological polar surface area (TPSA) is 82.4 Å². The molecule has 6 nitrogen and oxygen atoms in total. The third-order valence-corrected chi connectivity index (χ3v) is 5.61. The second-order valence-electron chi connectivity index (χ2n) is 8.09. The van der Waals surface area contributed by atoms with Crippen LogP contribution in [0.15, 0.2) is 49.7 Å². The number of likely N-dealkylation sites (N-methyl/N-ethyl adjacent to an activating group) is 1. The summed E-state index contributed by atoms with van der Waals surface area (Å²) in [5, 5.41) is 9.56. The molecule has 0 aromatic heterocycles. The lowest BCUT2D eigenvalue weighted by Gasteiger charge is -2.27. The number of hydrogen-bond donors (Lipinski definition) is 4. The first kappa shape index (κ1) is 27.6. The molecule has 0 aliphatic carbocycles. The maximum absolute atomic E-state index is 12.6. The quantitative estimate of drug-likeness (QED) is 0.205. The maximum Gasteiger partial charge on any atom is 0.224 e. The van der Waals surface area contributed by atoms with Crippen molar-refractivity contribution in [1.82, 2.24) is 15.5 Å². The highest BCUT2D eigenvalue weighted by molar-refractivity contribution is 5.92. The van der Waals surface area contributed by atoms with Gasteiger partial charge >= 0.3 is 0 Å². The van der Waals surface area contributed by atoms with Crippen LogP contribution in [0.3, 0.4) is 0 Å². The van der Waals surface area contributed by atoms with E-state index in [4.69, 9.17) is 5.73 Å². The molecule has 1 aromatic carbocycles. The van der Waals surface area contributed by atoms with Crippen LogP contribution in [0.1, 0.15) is 49.7 Å². The van der Waals surface area contributed by atoms with E-state index in [2.05, 4.69) is 47.6 Å². The van der Waals surface area contributed by atoms with Crippen molar-refractivity contribution >= 4 is 17.7 Å². The molecule has 5 N–H and O–H groups in total. The minimum Gasteiger partial charge on any atom is -0.392 e. The molecule has 1 unspecified atom stereocenters. The summed E-state index contributed by atoms with van der Waals surface area (Å²) in [6.45, 7) is 15.2. The van der Waals surface area contributed by atoms with E-state index in [0.717, 1.165) is 67.7 Å². The molecule has 0 saturated heterocycles. The molecular weight excluding hydrogens is 398 g/mol. The molecule has 0 bridgehead atoms. The minimum atomic E-state index is 0.0441. The average Bonchev–Trinajstić information content (AvgIpc) is 2.79. The molecule has 0 aliphatic rings. The van der Waals surface area contributed by atoms with Crippen LogP contribution in [-0.2, 0) is 11.3 Å². The Morgan fingerprint density at radius 2 is 1.94 bits per heavy atom. The molecule has 1 atom stereocenters. The zero-order chi connectivity index (χ0) is 23.8. The summed E-state index contributed by atoms with van der Waals surface area (Å²) in [4.78, 5) is 14.8. The van der Waals surface area contributed by atoms with Crippen LogP contribution in [0.4, 0.5) is 5.69 Å². The first-order valence-corrected chi connectivity index (χ1v) is 11.6. The number of carbonyl (C=O) groups is 1. The number of nitrogens with one attached hydrogen (secondary N) is 3. The van der Waals surface area contributed by atoms with Crippen molar-refractivity contribution < 1.29 is 4.79 Å². The van der Waals surface area contributed by atoms with Gasteiger partial charge in [-0.1, -0.05) is 37.4 Å². The van der Waals surface area contributed by atoms with Gasteiger partial charge in [0.2, 0.25) is 5.91 Å². The van der Waals surface area contributed by atoms with Crippen LogP contribution in [0.25, 0.3) is 6.08 Å². The number of carbonyl (C=O) groups excluding carboxylic acids is 1. The number of anilines is 1. The standard InChI is InChI=1S/C26H43N5O/c1-6-22-12-10-13-25(30-26(32)14-8-9-18-29-19-11-17-27)24(22)20-31(5)23(7-2)16-15-21(3)28-4/h6-7,10,12-13,23,28-29H,1-3,8-9,11,14-20,27H2,4-5H3,(H,30,32). The van der Waals surface area contributed by atoms with E-state index in [0.29, 0.717) is 19.5 Å². The Kier molecular flexibility index (Phi) is 14.0. The van der Waals surface area contributed by atoms with Gasteiger partial charge in [-0.15, -0.1) is 6.58 Å². The molecule has 0 heterocycles. The van der Waals surface area contributed by atoms with Crippen LogP contribution in [0.2, 0.25) is 0 Å². The third-order valence-electron chi connectivity index (χ3n) is 5.61. The van der Waals surface area contributed by atoms with Crippen molar-refractivity contribution in [2.75, 3.05) is 39.0 Å². The fraction of sp³-hybridized carbons (Fsp3) is 0.500. The van der Waals surface area contributed by atoms with Gasteiger partial charge in [0.25, 0.3) is 0 Å². The Labute approximate surface area is 195 Å². The Hall–Kier alpha value is -2.41. The molecule has 1 rings (SSSR count). The number of unbranched alkanes of at least 4 members (excludes halogenated alkanes) is 1. The van der Waals surface area contributed by atoms with E-state index in [-0.39, 0.29) is 11.9 Å². The van der Waals surface area contributed by atoms with E-state index in [1.54, 1.807) is 0 Å². The molecular formula is C26H43N5O. The van der Waals surface area contributed by atoms with Crippen LogP contribution < -0.4 is 21.7 Å². The van der Waals surface area contributed by atoms with Crippen LogP contribution in [0.5, 0.6) is 0 Å². The minimum absolute atomic E-state index is 0.0441. The molecule has 32 heavy (non-hydrogen) atoms. The first-order valence-electron chi connectivity index (χ1n) is 11.6. The fourth-order valence-electron chi connectivity index (χ4n) is 3.52. The number of rotatable bonds is 18. The van der Waals surface area contributed by atoms with Crippen LogP contribution in [-0.4, -0.2) is 50.6 Å². The van der Waals surface area contributed by atoms with Crippen molar-refractivity contribution in [3.05, 3.63) is 60.8 Å². The lowest BCUT2D eigenvalue weighted by molar-refractivity contribution is -0.116. The molecule has 0 spiro atoms. The number of amides is 1. The zero-order valence-corrected chi connectivity index (χ0v) is 20.1. The second kappa shape index (κ2) is 16.3. The molecule has 0 radical (unpaired) electrons. The molecule has 1 aromatic rings. The van der Waals surface area contributed by atoms with Gasteiger partial charge in [-0.25, -0.2) is 0 Å². The van der Waals surface area contributed by atoms with Gasteiger partial charge in [-0.3, -0.25) is 9.69 Å². The predicted molar refractivity (Wildman–Crippen MR) is 138 cm³/mol. The fourth-order valence-corrected chi connectivity index (χ4v) is 3.52. The van der Waals surface area contributed by atoms with Crippen molar-refractivity contribution in [1.29, 1.82) is 0 Å². The summed E-state index contributed by atoms with van der Waals surface area (Å²) >= 11 is 0. The van der Waals surface area contributed by atoms with E-state index in [9.17, 15) is 4.79 Å². The van der Waals surface area contributed by atoms with E-state index < -0.39 is 0 Å². The number of nitrogens with two attached hydrogens (primary N) is 1. The summed E-state index contributed by atoms with van der Waals surface area (Å²) in [5.41, 5.74) is 9.45. The zero-order valence-electron chi connectivity index (χ0n) is 20.1. The first-order chi connectivity index (χ1) is 15.5. The Morgan fingerprint density at radius 3 is 2.59 bits per heavy atom. The highest BCUT2D eigenvalue weighted by Crippen LogP contribution is 2.25. The normalized spacial score (nSPS) is 11.8. The molecule has 0 saturated carbocycles. The Morgan fingerprint density at radius 1 is 1.19 bits per heavy atom. The smallest absolute Gasteiger partial charge is 0.224 e. The summed E-state index contributed by atoms with van der Waals surface area (Å²) in [5.74, 6) is 0.0441. The predicted octanol–water partition coefficient (Wildman–Crippen LogP) is 3.88. The van der Waals surface area contributed by atoms with Gasteiger partial charge in [0.1, 0.15) is 0 Å². The number of benzene rings is 1. The summed E-state index contributed by atoms with van der Waals surface area (Å²) < 4.78 is 0. The molecule has 6 heteroatoms. The SMILES string of the molecule is C=Cc1cccc(NC(=O)CCCCNCCCN)c1CN(C)C(C=C)CCC(=C)NC. The molecule has 178 valence electrons. The van der Waals surface area contributed by atoms with Crippen molar-refractivity contribution in [3.63, 3.8) is 0 Å². The van der Waals surface area contributed by atoms with Crippen LogP contribution in [0, 0.1) is 0 Å².